The summed E-state index contributed by atoms with van der Waals surface area (Å²) in [5.41, 5.74) is 0.873. The van der Waals surface area contributed by atoms with E-state index in [0.717, 1.165) is 10.2 Å². The number of aromatic nitrogens is 1. The van der Waals surface area contributed by atoms with Gasteiger partial charge in [-0.2, -0.15) is 0 Å². The fourth-order valence-electron chi connectivity index (χ4n) is 2.63. The van der Waals surface area contributed by atoms with Crippen LogP contribution in [0.4, 0.5) is 10.8 Å². The zero-order chi connectivity index (χ0) is 20.3. The number of hydrogen-bond acceptors (Lipinski definition) is 7. The number of amides is 1. The van der Waals surface area contributed by atoms with Crippen LogP contribution in [0.25, 0.3) is 10.2 Å². The summed E-state index contributed by atoms with van der Waals surface area (Å²) in [6, 6.07) is 11.3. The Morgan fingerprint density at radius 2 is 1.97 bits per heavy atom. The number of carbonyl (C=O) groups is 1. The van der Waals surface area contributed by atoms with Gasteiger partial charge in [0.2, 0.25) is 0 Å². The van der Waals surface area contributed by atoms with Crippen molar-refractivity contribution in [2.45, 2.75) is 0 Å². The van der Waals surface area contributed by atoms with Crippen LogP contribution in [0, 0.1) is 10.1 Å². The smallest absolute Gasteiger partial charge is 0.270 e. The van der Waals surface area contributed by atoms with Crippen LogP contribution in [0.2, 0.25) is 0 Å². The number of rotatable bonds is 7. The van der Waals surface area contributed by atoms with E-state index >= 15 is 0 Å². The van der Waals surface area contributed by atoms with Crippen LogP contribution in [0.15, 0.2) is 42.5 Å². The Hall–Kier alpha value is -2.75. The van der Waals surface area contributed by atoms with Gasteiger partial charge in [0.15, 0.2) is 5.13 Å². The third-order valence-corrected chi connectivity index (χ3v) is 5.19. The first-order valence-electron chi connectivity index (χ1n) is 8.54. The summed E-state index contributed by atoms with van der Waals surface area (Å²) < 4.78 is 6.17. The normalized spacial score (nSPS) is 10.6. The van der Waals surface area contributed by atoms with E-state index in [1.54, 1.807) is 18.1 Å². The number of hydrogen-bond donors (Lipinski definition) is 0. The van der Waals surface area contributed by atoms with Crippen LogP contribution < -0.4 is 9.64 Å². The van der Waals surface area contributed by atoms with Gasteiger partial charge in [0.05, 0.1) is 22.2 Å². The second-order valence-electron chi connectivity index (χ2n) is 6.40. The molecule has 1 aromatic heterocycles. The second kappa shape index (κ2) is 9.64. The summed E-state index contributed by atoms with van der Waals surface area (Å²) in [5, 5.41) is 11.6. The Bertz CT molecular complexity index is 1020. The monoisotopic (exact) mass is 436 g/mol. The van der Waals surface area contributed by atoms with E-state index < -0.39 is 4.92 Å². The van der Waals surface area contributed by atoms with Gasteiger partial charge < -0.3 is 9.64 Å². The minimum Gasteiger partial charge on any atom is -0.497 e. The molecule has 0 N–H and O–H groups in total. The second-order valence-corrected chi connectivity index (χ2v) is 7.41. The van der Waals surface area contributed by atoms with Crippen LogP contribution in [-0.2, 0) is 0 Å². The third-order valence-electron chi connectivity index (χ3n) is 4.13. The van der Waals surface area contributed by atoms with E-state index in [2.05, 4.69) is 4.98 Å². The number of nitrogens with zero attached hydrogens (tertiary/aromatic N) is 4. The molecule has 0 unspecified atom stereocenters. The van der Waals surface area contributed by atoms with Crippen molar-refractivity contribution in [2.24, 2.45) is 0 Å². The van der Waals surface area contributed by atoms with Crippen LogP contribution in [0.1, 0.15) is 10.4 Å². The highest BCUT2D eigenvalue weighted by molar-refractivity contribution is 7.22. The van der Waals surface area contributed by atoms with Crippen LogP contribution in [0.5, 0.6) is 5.75 Å². The molecule has 2 aromatic carbocycles. The largest absolute Gasteiger partial charge is 0.497 e. The van der Waals surface area contributed by atoms with Gasteiger partial charge in [-0.25, -0.2) is 4.98 Å². The molecule has 1 heterocycles. The molecule has 0 spiro atoms. The van der Waals surface area contributed by atoms with Crippen LogP contribution in [-0.4, -0.2) is 55.0 Å². The first kappa shape index (κ1) is 22.5. The standard InChI is InChI=1S/C19H20N4O4S.ClH/c1-21(2)9-10-22(18(24)13-5-4-6-14(11-13)23(25)26)19-20-16-12-15(27-3)7-8-17(16)28-19;/h4-8,11-12H,9-10H2,1-3H3;1H. The van der Waals surface area contributed by atoms with Gasteiger partial charge in [-0.3, -0.25) is 19.8 Å². The van der Waals surface area contributed by atoms with Crippen LogP contribution in [0.3, 0.4) is 0 Å². The number of likely N-dealkylation sites (N-methyl/N-ethyl adjacent to an activating group) is 1. The van der Waals surface area contributed by atoms with Gasteiger partial charge in [-0.1, -0.05) is 17.4 Å². The molecule has 0 saturated heterocycles. The van der Waals surface area contributed by atoms with E-state index in [1.807, 2.05) is 37.2 Å². The molecule has 154 valence electrons. The highest BCUT2D eigenvalue weighted by Gasteiger charge is 2.23. The summed E-state index contributed by atoms with van der Waals surface area (Å²) in [5.74, 6) is 0.366. The highest BCUT2D eigenvalue weighted by atomic mass is 35.5. The first-order valence-corrected chi connectivity index (χ1v) is 9.36. The molecule has 0 radical (unpaired) electrons. The van der Waals surface area contributed by atoms with Crippen molar-refractivity contribution < 1.29 is 14.5 Å². The van der Waals surface area contributed by atoms with Crippen molar-refractivity contribution in [1.82, 2.24) is 9.88 Å². The van der Waals surface area contributed by atoms with E-state index in [0.29, 0.717) is 24.0 Å². The Morgan fingerprint density at radius 3 is 2.62 bits per heavy atom. The number of nitro groups is 1. The lowest BCUT2D eigenvalue weighted by Gasteiger charge is -2.22. The minimum atomic E-state index is -0.509. The molecule has 0 aliphatic heterocycles. The van der Waals surface area contributed by atoms with Gasteiger partial charge in [-0.05, 0) is 32.3 Å². The topological polar surface area (TPSA) is 88.8 Å². The molecule has 3 aromatic rings. The molecule has 10 heteroatoms. The molecule has 8 nitrogen and oxygen atoms in total. The fourth-order valence-corrected chi connectivity index (χ4v) is 3.60. The molecule has 0 atom stereocenters. The van der Waals surface area contributed by atoms with Crippen molar-refractivity contribution in [3.05, 3.63) is 58.1 Å². The maximum Gasteiger partial charge on any atom is 0.270 e. The number of anilines is 1. The molecular formula is C19H21ClN4O4S. The average Bonchev–Trinajstić information content (AvgIpc) is 3.10. The number of benzene rings is 2. The van der Waals surface area contributed by atoms with Crippen molar-refractivity contribution >= 4 is 50.7 Å². The number of methoxy groups -OCH3 is 1. The molecule has 0 bridgehead atoms. The fraction of sp³-hybridized carbons (Fsp3) is 0.263. The van der Waals surface area contributed by atoms with Crippen molar-refractivity contribution in [3.63, 3.8) is 0 Å². The molecule has 29 heavy (non-hydrogen) atoms. The zero-order valence-electron chi connectivity index (χ0n) is 16.2. The number of halogens is 1. The molecule has 0 aliphatic carbocycles. The number of non-ortho nitro benzene ring substituents is 1. The zero-order valence-corrected chi connectivity index (χ0v) is 17.8. The number of ether oxygens (including phenoxy) is 1. The molecular weight excluding hydrogens is 416 g/mol. The van der Waals surface area contributed by atoms with Crippen molar-refractivity contribution in [2.75, 3.05) is 39.2 Å². The summed E-state index contributed by atoms with van der Waals surface area (Å²) in [6.07, 6.45) is 0. The lowest BCUT2D eigenvalue weighted by molar-refractivity contribution is -0.384. The summed E-state index contributed by atoms with van der Waals surface area (Å²) in [7, 11) is 5.42. The van der Waals surface area contributed by atoms with Gasteiger partial charge in [0.1, 0.15) is 5.75 Å². The Balaban J connectivity index is 0.00000300. The van der Waals surface area contributed by atoms with Crippen LogP contribution >= 0.6 is 23.7 Å². The maximum atomic E-state index is 13.2. The van der Waals surface area contributed by atoms with Crippen molar-refractivity contribution in [1.29, 1.82) is 0 Å². The summed E-state index contributed by atoms with van der Waals surface area (Å²) >= 11 is 1.40. The number of thiazole rings is 1. The third kappa shape index (κ3) is 5.20. The molecule has 1 amide bonds. The predicted octanol–water partition coefficient (Wildman–Crippen LogP) is 3.84. The molecule has 0 saturated carbocycles. The molecule has 0 aliphatic rings. The van der Waals surface area contributed by atoms with Gasteiger partial charge in [-0.15, -0.1) is 12.4 Å². The van der Waals surface area contributed by atoms with Gasteiger partial charge >= 0.3 is 0 Å². The van der Waals surface area contributed by atoms with E-state index in [9.17, 15) is 14.9 Å². The minimum absolute atomic E-state index is 0. The van der Waals surface area contributed by atoms with E-state index in [4.69, 9.17) is 4.74 Å². The van der Waals surface area contributed by atoms with Gasteiger partial charge in [0.25, 0.3) is 11.6 Å². The Labute approximate surface area is 178 Å². The molecule has 3 rings (SSSR count). The number of nitro benzene ring substituents is 1. The Kier molecular flexibility index (Phi) is 7.49. The van der Waals surface area contributed by atoms with E-state index in [-0.39, 0.29) is 29.6 Å². The SMILES string of the molecule is COc1ccc2sc(N(CCN(C)C)C(=O)c3cccc([N+](=O)[O-])c3)nc2c1.Cl. The summed E-state index contributed by atoms with van der Waals surface area (Å²) in [4.78, 5) is 31.8. The highest BCUT2D eigenvalue weighted by Crippen LogP contribution is 2.32. The predicted molar refractivity (Wildman–Crippen MR) is 117 cm³/mol. The lowest BCUT2D eigenvalue weighted by Crippen LogP contribution is -2.36. The number of fused-ring (bicyclic) bond motifs is 1. The maximum absolute atomic E-state index is 13.2. The lowest BCUT2D eigenvalue weighted by atomic mass is 10.2. The first-order chi connectivity index (χ1) is 13.4. The van der Waals surface area contributed by atoms with E-state index in [1.165, 1.54) is 29.5 Å². The quantitative estimate of drug-likeness (QED) is 0.413. The number of carbonyl (C=O) groups excluding carboxylic acids is 1. The summed E-state index contributed by atoms with van der Waals surface area (Å²) in [6.45, 7) is 1.03. The average molecular weight is 437 g/mol. The van der Waals surface area contributed by atoms with Crippen molar-refractivity contribution in [3.8, 4) is 5.75 Å². The Morgan fingerprint density at radius 1 is 1.21 bits per heavy atom. The molecule has 0 fully saturated rings. The van der Waals surface area contributed by atoms with Gasteiger partial charge in [0, 0.05) is 36.9 Å².